The standard InChI is InChI=1S/C10H14N2O2S/c1-5-9-7-6-8(2)11-10(9)12(3)15(4,13)14/h5-7H,1H2,2-4H3. The van der Waals surface area contributed by atoms with Crippen molar-refractivity contribution in [3.05, 3.63) is 30.0 Å². The normalized spacial score (nSPS) is 11.1. The highest BCUT2D eigenvalue weighted by atomic mass is 32.2. The van der Waals surface area contributed by atoms with Gasteiger partial charge in [-0.3, -0.25) is 4.31 Å². The molecule has 0 saturated heterocycles. The molecule has 0 radical (unpaired) electrons. The van der Waals surface area contributed by atoms with Crippen molar-refractivity contribution in [2.45, 2.75) is 6.92 Å². The Kier molecular flexibility index (Phi) is 3.14. The fraction of sp³-hybridized carbons (Fsp3) is 0.300. The van der Waals surface area contributed by atoms with Gasteiger partial charge >= 0.3 is 0 Å². The first kappa shape index (κ1) is 11.7. The Labute approximate surface area is 90.3 Å². The smallest absolute Gasteiger partial charge is 0.233 e. The van der Waals surface area contributed by atoms with Gasteiger partial charge < -0.3 is 0 Å². The minimum Gasteiger partial charge on any atom is -0.257 e. The molecule has 0 atom stereocenters. The van der Waals surface area contributed by atoms with Gasteiger partial charge in [0.15, 0.2) is 0 Å². The summed E-state index contributed by atoms with van der Waals surface area (Å²) in [4.78, 5) is 4.19. The number of pyridine rings is 1. The Hall–Kier alpha value is -1.36. The summed E-state index contributed by atoms with van der Waals surface area (Å²) < 4.78 is 23.9. The van der Waals surface area contributed by atoms with Gasteiger partial charge in [0, 0.05) is 18.3 Å². The Morgan fingerprint density at radius 2 is 2.07 bits per heavy atom. The monoisotopic (exact) mass is 226 g/mol. The van der Waals surface area contributed by atoms with Gasteiger partial charge in [-0.1, -0.05) is 12.7 Å². The topological polar surface area (TPSA) is 50.3 Å². The van der Waals surface area contributed by atoms with Gasteiger partial charge in [0.2, 0.25) is 10.0 Å². The minimum absolute atomic E-state index is 0.410. The molecule has 0 aliphatic heterocycles. The van der Waals surface area contributed by atoms with E-state index in [0.29, 0.717) is 11.4 Å². The highest BCUT2D eigenvalue weighted by Gasteiger charge is 2.15. The summed E-state index contributed by atoms with van der Waals surface area (Å²) in [6.45, 7) is 5.44. The van der Waals surface area contributed by atoms with Crippen LogP contribution in [0.2, 0.25) is 0 Å². The van der Waals surface area contributed by atoms with Crippen LogP contribution in [0.15, 0.2) is 18.7 Å². The summed E-state index contributed by atoms with van der Waals surface area (Å²) in [7, 11) is -1.81. The van der Waals surface area contributed by atoms with E-state index in [1.54, 1.807) is 12.1 Å². The maximum Gasteiger partial charge on any atom is 0.233 e. The van der Waals surface area contributed by atoms with E-state index in [-0.39, 0.29) is 0 Å². The quantitative estimate of drug-likeness (QED) is 0.783. The molecular formula is C10H14N2O2S. The van der Waals surface area contributed by atoms with Crippen molar-refractivity contribution in [2.75, 3.05) is 17.6 Å². The zero-order chi connectivity index (χ0) is 11.6. The van der Waals surface area contributed by atoms with Crippen LogP contribution in [0.5, 0.6) is 0 Å². The third-order valence-corrected chi connectivity index (χ3v) is 3.23. The van der Waals surface area contributed by atoms with Crippen LogP contribution < -0.4 is 4.31 Å². The summed E-state index contributed by atoms with van der Waals surface area (Å²) >= 11 is 0. The minimum atomic E-state index is -3.28. The number of hydrogen-bond donors (Lipinski definition) is 0. The van der Waals surface area contributed by atoms with Gasteiger partial charge in [-0.25, -0.2) is 13.4 Å². The third kappa shape index (κ3) is 2.56. The molecule has 0 bridgehead atoms. The first-order valence-corrected chi connectivity index (χ1v) is 6.25. The lowest BCUT2D eigenvalue weighted by atomic mass is 10.2. The van der Waals surface area contributed by atoms with Crippen molar-refractivity contribution in [2.24, 2.45) is 0 Å². The lowest BCUT2D eigenvalue weighted by molar-refractivity contribution is 0.599. The second-order valence-corrected chi connectivity index (χ2v) is 5.31. The van der Waals surface area contributed by atoms with Gasteiger partial charge in [0.05, 0.1) is 6.26 Å². The molecule has 0 aromatic carbocycles. The fourth-order valence-corrected chi connectivity index (χ4v) is 1.58. The van der Waals surface area contributed by atoms with E-state index in [4.69, 9.17) is 0 Å². The van der Waals surface area contributed by atoms with Crippen LogP contribution in [0.25, 0.3) is 6.08 Å². The van der Waals surface area contributed by atoms with Crippen LogP contribution in [-0.2, 0) is 10.0 Å². The Morgan fingerprint density at radius 3 is 2.53 bits per heavy atom. The maximum absolute atomic E-state index is 11.4. The summed E-state index contributed by atoms with van der Waals surface area (Å²) in [5.74, 6) is 0.410. The lowest BCUT2D eigenvalue weighted by Crippen LogP contribution is -2.26. The van der Waals surface area contributed by atoms with Crippen LogP contribution in [-0.4, -0.2) is 26.7 Å². The zero-order valence-electron chi connectivity index (χ0n) is 9.06. The maximum atomic E-state index is 11.4. The van der Waals surface area contributed by atoms with Crippen molar-refractivity contribution < 1.29 is 8.42 Å². The first-order valence-electron chi connectivity index (χ1n) is 4.40. The number of anilines is 1. The lowest BCUT2D eigenvalue weighted by Gasteiger charge is -2.18. The highest BCUT2D eigenvalue weighted by molar-refractivity contribution is 7.92. The molecule has 0 N–H and O–H groups in total. The van der Waals surface area contributed by atoms with E-state index in [9.17, 15) is 8.42 Å². The summed E-state index contributed by atoms with van der Waals surface area (Å²) in [5.41, 5.74) is 1.47. The van der Waals surface area contributed by atoms with Crippen LogP contribution in [0.4, 0.5) is 5.82 Å². The second-order valence-electron chi connectivity index (χ2n) is 3.30. The van der Waals surface area contributed by atoms with Gasteiger partial charge in [0.1, 0.15) is 5.82 Å². The number of nitrogens with zero attached hydrogens (tertiary/aromatic N) is 2. The third-order valence-electron chi connectivity index (χ3n) is 2.06. The Balaban J connectivity index is 3.35. The molecule has 1 rings (SSSR count). The van der Waals surface area contributed by atoms with E-state index in [2.05, 4.69) is 11.6 Å². The van der Waals surface area contributed by atoms with Crippen LogP contribution >= 0.6 is 0 Å². The second kappa shape index (κ2) is 4.02. The number of hydrogen-bond acceptors (Lipinski definition) is 3. The summed E-state index contributed by atoms with van der Waals surface area (Å²) in [5, 5.41) is 0. The van der Waals surface area contributed by atoms with E-state index in [1.165, 1.54) is 7.05 Å². The van der Waals surface area contributed by atoms with E-state index in [1.807, 2.05) is 13.0 Å². The molecule has 0 unspecified atom stereocenters. The van der Waals surface area contributed by atoms with Crippen LogP contribution in [0.3, 0.4) is 0 Å². The highest BCUT2D eigenvalue weighted by Crippen LogP contribution is 2.20. The first-order chi connectivity index (χ1) is 6.86. The largest absolute Gasteiger partial charge is 0.257 e. The average molecular weight is 226 g/mol. The molecule has 15 heavy (non-hydrogen) atoms. The molecule has 0 fully saturated rings. The van der Waals surface area contributed by atoms with E-state index >= 15 is 0 Å². The number of sulfonamides is 1. The van der Waals surface area contributed by atoms with Gasteiger partial charge in [-0.05, 0) is 19.1 Å². The number of aryl methyl sites for hydroxylation is 1. The van der Waals surface area contributed by atoms with Gasteiger partial charge in [-0.2, -0.15) is 0 Å². The summed E-state index contributed by atoms with van der Waals surface area (Å²) in [6.07, 6.45) is 2.73. The van der Waals surface area contributed by atoms with Gasteiger partial charge in [-0.15, -0.1) is 0 Å². The van der Waals surface area contributed by atoms with Crippen molar-refractivity contribution in [1.29, 1.82) is 0 Å². The van der Waals surface area contributed by atoms with Crippen LogP contribution in [0.1, 0.15) is 11.3 Å². The SMILES string of the molecule is C=Cc1ccc(C)nc1N(C)S(C)(=O)=O. The van der Waals surface area contributed by atoms with E-state index in [0.717, 1.165) is 16.3 Å². The average Bonchev–Trinajstić information content (AvgIpc) is 2.15. The molecule has 1 aromatic rings. The number of aromatic nitrogens is 1. The summed E-state index contributed by atoms with van der Waals surface area (Å²) in [6, 6.07) is 3.61. The fourth-order valence-electron chi connectivity index (χ4n) is 1.12. The predicted octanol–water partition coefficient (Wildman–Crippen LogP) is 1.43. The molecule has 82 valence electrons. The van der Waals surface area contributed by atoms with Crippen molar-refractivity contribution in [1.82, 2.24) is 4.98 Å². The predicted molar refractivity (Wildman–Crippen MR) is 62.3 cm³/mol. The molecule has 0 aliphatic rings. The van der Waals surface area contributed by atoms with Crippen molar-refractivity contribution in [3.8, 4) is 0 Å². The Bertz CT molecular complexity index is 480. The molecule has 4 nitrogen and oxygen atoms in total. The molecule has 0 amide bonds. The Morgan fingerprint density at radius 1 is 1.47 bits per heavy atom. The molecule has 5 heteroatoms. The molecule has 0 aliphatic carbocycles. The molecule has 1 aromatic heterocycles. The zero-order valence-corrected chi connectivity index (χ0v) is 9.87. The molecule has 0 saturated carbocycles. The van der Waals surface area contributed by atoms with E-state index < -0.39 is 10.0 Å². The van der Waals surface area contributed by atoms with Gasteiger partial charge in [0.25, 0.3) is 0 Å². The molecule has 1 heterocycles. The molecule has 0 spiro atoms. The molecular weight excluding hydrogens is 212 g/mol. The van der Waals surface area contributed by atoms with Crippen molar-refractivity contribution in [3.63, 3.8) is 0 Å². The van der Waals surface area contributed by atoms with Crippen LogP contribution in [0, 0.1) is 6.92 Å². The van der Waals surface area contributed by atoms with Crippen molar-refractivity contribution >= 4 is 21.9 Å². The number of rotatable bonds is 3.